The van der Waals surface area contributed by atoms with Gasteiger partial charge in [0.1, 0.15) is 0 Å². The van der Waals surface area contributed by atoms with Crippen LogP contribution in [0.25, 0.3) is 0 Å². The minimum absolute atomic E-state index is 0.0694. The van der Waals surface area contributed by atoms with Crippen molar-refractivity contribution in [1.82, 2.24) is 14.9 Å². The summed E-state index contributed by atoms with van der Waals surface area (Å²) < 4.78 is 0. The standard InChI is InChI=1S/C17H19N3O/c1-13-6-7-16(19-10-13)15-5-3-9-20(12-15)17(21)14-4-2-8-18-11-14/h2,4,6-8,10-11,15H,3,5,9,12H2,1H3/t15-/m1/s1. The van der Waals surface area contributed by atoms with Crippen molar-refractivity contribution in [3.63, 3.8) is 0 Å². The van der Waals surface area contributed by atoms with Gasteiger partial charge in [0.25, 0.3) is 5.91 Å². The molecule has 21 heavy (non-hydrogen) atoms. The molecule has 0 aliphatic carbocycles. The Labute approximate surface area is 124 Å². The molecule has 4 nitrogen and oxygen atoms in total. The minimum atomic E-state index is 0.0694. The molecule has 2 aromatic rings. The zero-order chi connectivity index (χ0) is 14.7. The Morgan fingerprint density at radius 2 is 2.19 bits per heavy atom. The van der Waals surface area contributed by atoms with Gasteiger partial charge in [0.2, 0.25) is 0 Å². The van der Waals surface area contributed by atoms with Crippen LogP contribution in [0, 0.1) is 6.92 Å². The molecule has 0 saturated carbocycles. The zero-order valence-corrected chi connectivity index (χ0v) is 12.2. The lowest BCUT2D eigenvalue weighted by Crippen LogP contribution is -2.39. The van der Waals surface area contributed by atoms with Crippen LogP contribution in [0.3, 0.4) is 0 Å². The van der Waals surface area contributed by atoms with Gasteiger partial charge in [0, 0.05) is 43.3 Å². The number of amides is 1. The molecule has 1 amide bonds. The average molecular weight is 281 g/mol. The molecule has 0 bridgehead atoms. The Kier molecular flexibility index (Phi) is 3.95. The van der Waals surface area contributed by atoms with Crippen LogP contribution in [-0.2, 0) is 0 Å². The Hall–Kier alpha value is -2.23. The van der Waals surface area contributed by atoms with Crippen molar-refractivity contribution < 1.29 is 4.79 Å². The number of carbonyl (C=O) groups excluding carboxylic acids is 1. The van der Waals surface area contributed by atoms with Gasteiger partial charge in [-0.15, -0.1) is 0 Å². The summed E-state index contributed by atoms with van der Waals surface area (Å²) in [6, 6.07) is 7.79. The SMILES string of the molecule is Cc1ccc([C@@H]2CCCN(C(=O)c3cccnc3)C2)nc1. The number of likely N-dealkylation sites (tertiary alicyclic amines) is 1. The molecule has 3 rings (SSSR count). The number of aryl methyl sites for hydroxylation is 1. The molecule has 4 heteroatoms. The molecule has 0 unspecified atom stereocenters. The molecule has 0 radical (unpaired) electrons. The van der Waals surface area contributed by atoms with E-state index in [-0.39, 0.29) is 5.91 Å². The van der Waals surface area contributed by atoms with Gasteiger partial charge in [0.15, 0.2) is 0 Å². The largest absolute Gasteiger partial charge is 0.338 e. The molecule has 1 saturated heterocycles. The summed E-state index contributed by atoms with van der Waals surface area (Å²) in [5, 5.41) is 0. The second-order valence-electron chi connectivity index (χ2n) is 5.59. The summed E-state index contributed by atoms with van der Waals surface area (Å²) in [5.41, 5.74) is 2.91. The predicted octanol–water partition coefficient (Wildman–Crippen LogP) is 2.80. The third-order valence-corrected chi connectivity index (χ3v) is 3.97. The van der Waals surface area contributed by atoms with E-state index in [9.17, 15) is 4.79 Å². The fourth-order valence-corrected chi connectivity index (χ4v) is 2.80. The highest BCUT2D eigenvalue weighted by molar-refractivity contribution is 5.93. The van der Waals surface area contributed by atoms with Crippen LogP contribution < -0.4 is 0 Å². The molecular formula is C17H19N3O. The number of pyridine rings is 2. The van der Waals surface area contributed by atoms with Gasteiger partial charge in [-0.25, -0.2) is 0 Å². The number of hydrogen-bond donors (Lipinski definition) is 0. The van der Waals surface area contributed by atoms with E-state index in [1.54, 1.807) is 18.5 Å². The summed E-state index contributed by atoms with van der Waals surface area (Å²) in [5.74, 6) is 0.403. The number of piperidine rings is 1. The molecule has 108 valence electrons. The Morgan fingerprint density at radius 3 is 2.90 bits per heavy atom. The van der Waals surface area contributed by atoms with Crippen LogP contribution in [0.5, 0.6) is 0 Å². The fraction of sp³-hybridized carbons (Fsp3) is 0.353. The highest BCUT2D eigenvalue weighted by Gasteiger charge is 2.26. The number of rotatable bonds is 2. The molecule has 0 N–H and O–H groups in total. The summed E-state index contributed by atoms with van der Waals surface area (Å²) in [6.07, 6.45) is 7.33. The zero-order valence-electron chi connectivity index (χ0n) is 12.2. The Morgan fingerprint density at radius 1 is 1.29 bits per heavy atom. The second-order valence-corrected chi connectivity index (χ2v) is 5.59. The first-order valence-electron chi connectivity index (χ1n) is 7.36. The van der Waals surface area contributed by atoms with E-state index in [4.69, 9.17) is 0 Å². The quantitative estimate of drug-likeness (QED) is 0.850. The van der Waals surface area contributed by atoms with E-state index in [1.807, 2.05) is 24.1 Å². The summed E-state index contributed by atoms with van der Waals surface area (Å²) in [4.78, 5) is 23.0. The van der Waals surface area contributed by atoms with Crippen molar-refractivity contribution in [2.45, 2.75) is 25.7 Å². The van der Waals surface area contributed by atoms with Crippen molar-refractivity contribution in [1.29, 1.82) is 0 Å². The minimum Gasteiger partial charge on any atom is -0.338 e. The molecule has 1 aliphatic rings. The number of nitrogens with zero attached hydrogens (tertiary/aromatic N) is 3. The topological polar surface area (TPSA) is 46.1 Å². The summed E-state index contributed by atoms with van der Waals surface area (Å²) in [6.45, 7) is 3.59. The lowest BCUT2D eigenvalue weighted by atomic mass is 9.93. The summed E-state index contributed by atoms with van der Waals surface area (Å²) in [7, 11) is 0. The molecule has 1 fully saturated rings. The number of hydrogen-bond acceptors (Lipinski definition) is 3. The van der Waals surface area contributed by atoms with E-state index in [0.29, 0.717) is 11.5 Å². The first-order chi connectivity index (χ1) is 10.2. The van der Waals surface area contributed by atoms with Crippen molar-refractivity contribution in [3.05, 3.63) is 59.7 Å². The van der Waals surface area contributed by atoms with Crippen molar-refractivity contribution in [2.75, 3.05) is 13.1 Å². The van der Waals surface area contributed by atoms with Crippen LogP contribution in [-0.4, -0.2) is 33.9 Å². The highest BCUT2D eigenvalue weighted by atomic mass is 16.2. The fourth-order valence-electron chi connectivity index (χ4n) is 2.80. The van der Waals surface area contributed by atoms with Crippen molar-refractivity contribution >= 4 is 5.91 Å². The van der Waals surface area contributed by atoms with E-state index >= 15 is 0 Å². The van der Waals surface area contributed by atoms with E-state index in [1.165, 1.54) is 0 Å². The van der Waals surface area contributed by atoms with Crippen LogP contribution in [0.15, 0.2) is 42.9 Å². The molecule has 1 atom stereocenters. The Bertz CT molecular complexity index is 610. The number of aromatic nitrogens is 2. The van der Waals surface area contributed by atoms with Gasteiger partial charge >= 0.3 is 0 Å². The lowest BCUT2D eigenvalue weighted by molar-refractivity contribution is 0.0705. The smallest absolute Gasteiger partial charge is 0.255 e. The third-order valence-electron chi connectivity index (χ3n) is 3.97. The van der Waals surface area contributed by atoms with Crippen LogP contribution in [0.4, 0.5) is 0 Å². The van der Waals surface area contributed by atoms with E-state index < -0.39 is 0 Å². The summed E-state index contributed by atoms with van der Waals surface area (Å²) >= 11 is 0. The van der Waals surface area contributed by atoms with Gasteiger partial charge in [-0.2, -0.15) is 0 Å². The molecule has 0 aromatic carbocycles. The van der Waals surface area contributed by atoms with Gasteiger partial charge in [0.05, 0.1) is 5.56 Å². The third kappa shape index (κ3) is 3.10. The molecule has 2 aromatic heterocycles. The maximum Gasteiger partial charge on any atom is 0.255 e. The van der Waals surface area contributed by atoms with E-state index in [2.05, 4.69) is 22.1 Å². The average Bonchev–Trinajstić information content (AvgIpc) is 2.56. The predicted molar refractivity (Wildman–Crippen MR) is 81.1 cm³/mol. The molecule has 3 heterocycles. The van der Waals surface area contributed by atoms with Crippen LogP contribution in [0.1, 0.15) is 40.4 Å². The van der Waals surface area contributed by atoms with E-state index in [0.717, 1.165) is 37.2 Å². The van der Waals surface area contributed by atoms with Gasteiger partial charge in [-0.1, -0.05) is 6.07 Å². The van der Waals surface area contributed by atoms with Gasteiger partial charge in [-0.05, 0) is 43.5 Å². The maximum absolute atomic E-state index is 12.5. The molecule has 0 spiro atoms. The van der Waals surface area contributed by atoms with Crippen LogP contribution in [0.2, 0.25) is 0 Å². The van der Waals surface area contributed by atoms with Crippen molar-refractivity contribution in [3.8, 4) is 0 Å². The first kappa shape index (κ1) is 13.7. The van der Waals surface area contributed by atoms with Gasteiger partial charge < -0.3 is 4.90 Å². The molecule has 1 aliphatic heterocycles. The molecular weight excluding hydrogens is 262 g/mol. The van der Waals surface area contributed by atoms with Crippen LogP contribution >= 0.6 is 0 Å². The maximum atomic E-state index is 12.5. The number of carbonyl (C=O) groups is 1. The Balaban J connectivity index is 1.74. The van der Waals surface area contributed by atoms with Crippen molar-refractivity contribution in [2.24, 2.45) is 0 Å². The first-order valence-corrected chi connectivity index (χ1v) is 7.36. The second kappa shape index (κ2) is 6.04. The highest BCUT2D eigenvalue weighted by Crippen LogP contribution is 2.26. The lowest BCUT2D eigenvalue weighted by Gasteiger charge is -2.32. The monoisotopic (exact) mass is 281 g/mol. The normalized spacial score (nSPS) is 18.5. The van der Waals surface area contributed by atoms with Gasteiger partial charge in [-0.3, -0.25) is 14.8 Å².